The molecule has 0 bridgehead atoms. The van der Waals surface area contributed by atoms with E-state index in [1.807, 2.05) is 32.0 Å². The maximum absolute atomic E-state index is 11.3. The van der Waals surface area contributed by atoms with Gasteiger partial charge in [-0.3, -0.25) is 4.79 Å². The number of pyridine rings is 1. The molecule has 2 aromatic rings. The SMILES string of the molecule is CCOC(=O)CCCCCCN(c1ccccn1)c1nnc(C)s1. The number of ether oxygens (including phenoxy) is 1. The first-order chi connectivity index (χ1) is 11.7. The third-order valence-corrected chi connectivity index (χ3v) is 4.35. The van der Waals surface area contributed by atoms with E-state index in [2.05, 4.69) is 20.1 Å². The summed E-state index contributed by atoms with van der Waals surface area (Å²) in [7, 11) is 0. The van der Waals surface area contributed by atoms with Crippen molar-refractivity contribution in [1.82, 2.24) is 15.2 Å². The van der Waals surface area contributed by atoms with Crippen molar-refractivity contribution in [2.24, 2.45) is 0 Å². The molecule has 0 aliphatic rings. The predicted octanol–water partition coefficient (Wildman–Crippen LogP) is 3.89. The number of carbonyl (C=O) groups is 1. The Balaban J connectivity index is 1.81. The summed E-state index contributed by atoms with van der Waals surface area (Å²) >= 11 is 1.57. The first-order valence-electron chi connectivity index (χ1n) is 8.35. The third kappa shape index (κ3) is 5.88. The van der Waals surface area contributed by atoms with E-state index < -0.39 is 0 Å². The van der Waals surface area contributed by atoms with Crippen LogP contribution in [-0.4, -0.2) is 34.3 Å². The van der Waals surface area contributed by atoms with Crippen molar-refractivity contribution >= 4 is 28.3 Å². The molecule has 24 heavy (non-hydrogen) atoms. The molecule has 0 aromatic carbocycles. The van der Waals surface area contributed by atoms with Crippen molar-refractivity contribution in [3.05, 3.63) is 29.4 Å². The molecule has 0 N–H and O–H groups in total. The van der Waals surface area contributed by atoms with Crippen LogP contribution in [0.1, 0.15) is 44.0 Å². The molecule has 0 aliphatic heterocycles. The fourth-order valence-electron chi connectivity index (χ4n) is 2.34. The van der Waals surface area contributed by atoms with Crippen LogP contribution in [0, 0.1) is 6.92 Å². The van der Waals surface area contributed by atoms with E-state index in [9.17, 15) is 4.79 Å². The average Bonchev–Trinajstić information content (AvgIpc) is 3.01. The summed E-state index contributed by atoms with van der Waals surface area (Å²) in [6.45, 7) is 5.08. The van der Waals surface area contributed by atoms with Crippen LogP contribution in [0.5, 0.6) is 0 Å². The molecule has 0 unspecified atom stereocenters. The number of carbonyl (C=O) groups excluding carboxylic acids is 1. The van der Waals surface area contributed by atoms with E-state index in [1.54, 1.807) is 17.5 Å². The van der Waals surface area contributed by atoms with Gasteiger partial charge in [0.05, 0.1) is 6.61 Å². The van der Waals surface area contributed by atoms with Crippen LogP contribution in [0.25, 0.3) is 0 Å². The smallest absolute Gasteiger partial charge is 0.305 e. The van der Waals surface area contributed by atoms with Crippen LogP contribution < -0.4 is 4.90 Å². The summed E-state index contributed by atoms with van der Waals surface area (Å²) in [6.07, 6.45) is 6.26. The molecule has 0 radical (unpaired) electrons. The molecule has 2 heterocycles. The number of aromatic nitrogens is 3. The Hall–Kier alpha value is -2.02. The Bertz CT molecular complexity index is 618. The van der Waals surface area contributed by atoms with Crippen molar-refractivity contribution in [1.29, 1.82) is 0 Å². The van der Waals surface area contributed by atoms with Crippen LogP contribution >= 0.6 is 11.3 Å². The van der Waals surface area contributed by atoms with Gasteiger partial charge in [-0.05, 0) is 38.8 Å². The molecule has 0 aliphatic carbocycles. The van der Waals surface area contributed by atoms with Gasteiger partial charge in [0.15, 0.2) is 0 Å². The number of anilines is 2. The summed E-state index contributed by atoms with van der Waals surface area (Å²) in [5, 5.41) is 10.2. The van der Waals surface area contributed by atoms with E-state index >= 15 is 0 Å². The van der Waals surface area contributed by atoms with Gasteiger partial charge >= 0.3 is 5.97 Å². The minimum absolute atomic E-state index is 0.100. The minimum atomic E-state index is -0.100. The summed E-state index contributed by atoms with van der Waals surface area (Å²) in [5.41, 5.74) is 0. The lowest BCUT2D eigenvalue weighted by molar-refractivity contribution is -0.143. The van der Waals surface area contributed by atoms with Gasteiger partial charge < -0.3 is 9.64 Å². The summed E-state index contributed by atoms with van der Waals surface area (Å²) in [4.78, 5) is 17.8. The molecule has 0 saturated carbocycles. The van der Waals surface area contributed by atoms with Crippen molar-refractivity contribution < 1.29 is 9.53 Å². The zero-order valence-corrected chi connectivity index (χ0v) is 15.1. The Labute approximate surface area is 146 Å². The lowest BCUT2D eigenvalue weighted by atomic mass is 10.1. The summed E-state index contributed by atoms with van der Waals surface area (Å²) < 4.78 is 4.94. The Morgan fingerprint density at radius 3 is 2.71 bits per heavy atom. The third-order valence-electron chi connectivity index (χ3n) is 3.49. The molecule has 0 fully saturated rings. The highest BCUT2D eigenvalue weighted by atomic mass is 32.1. The normalized spacial score (nSPS) is 10.6. The van der Waals surface area contributed by atoms with E-state index in [0.717, 1.165) is 48.2 Å². The van der Waals surface area contributed by atoms with Gasteiger partial charge in [0, 0.05) is 19.2 Å². The molecule has 2 rings (SSSR count). The van der Waals surface area contributed by atoms with Crippen molar-refractivity contribution in [2.75, 3.05) is 18.1 Å². The van der Waals surface area contributed by atoms with E-state index in [-0.39, 0.29) is 5.97 Å². The maximum atomic E-state index is 11.3. The van der Waals surface area contributed by atoms with Crippen molar-refractivity contribution in [3.63, 3.8) is 0 Å². The number of esters is 1. The van der Waals surface area contributed by atoms with Gasteiger partial charge in [0.2, 0.25) is 5.13 Å². The summed E-state index contributed by atoms with van der Waals surface area (Å²) in [5.74, 6) is 0.789. The summed E-state index contributed by atoms with van der Waals surface area (Å²) in [6, 6.07) is 5.86. The standard InChI is InChI=1S/C17H24N4O2S/c1-3-23-16(22)11-6-4-5-9-13-21(15-10-7-8-12-18-15)17-20-19-14(2)24-17/h7-8,10,12H,3-6,9,11,13H2,1-2H3. The first kappa shape index (κ1) is 18.3. The van der Waals surface area contributed by atoms with Gasteiger partial charge in [0.1, 0.15) is 10.8 Å². The Morgan fingerprint density at radius 1 is 1.21 bits per heavy atom. The number of aryl methyl sites for hydroxylation is 1. The zero-order valence-electron chi connectivity index (χ0n) is 14.3. The second-order valence-electron chi connectivity index (χ2n) is 5.41. The van der Waals surface area contributed by atoms with Gasteiger partial charge in [0.25, 0.3) is 0 Å². The number of nitrogens with zero attached hydrogens (tertiary/aromatic N) is 4. The van der Waals surface area contributed by atoms with Gasteiger partial charge in [-0.2, -0.15) is 0 Å². The Kier molecular flexibility index (Phi) is 7.61. The topological polar surface area (TPSA) is 68.2 Å². The highest BCUT2D eigenvalue weighted by Gasteiger charge is 2.14. The lowest BCUT2D eigenvalue weighted by Crippen LogP contribution is -2.19. The van der Waals surface area contributed by atoms with Crippen molar-refractivity contribution in [3.8, 4) is 0 Å². The molecule has 0 saturated heterocycles. The van der Waals surface area contributed by atoms with Crippen molar-refractivity contribution in [2.45, 2.75) is 46.0 Å². The van der Waals surface area contributed by atoms with Gasteiger partial charge in [-0.1, -0.05) is 30.2 Å². The Morgan fingerprint density at radius 2 is 2.04 bits per heavy atom. The molecule has 0 spiro atoms. The van der Waals surface area contributed by atoms with E-state index in [0.29, 0.717) is 13.0 Å². The molecule has 2 aromatic heterocycles. The predicted molar refractivity (Wildman–Crippen MR) is 95.6 cm³/mol. The van der Waals surface area contributed by atoms with Crippen LogP contribution in [0.2, 0.25) is 0 Å². The first-order valence-corrected chi connectivity index (χ1v) is 9.16. The number of unbranched alkanes of at least 4 members (excludes halogenated alkanes) is 3. The molecule has 0 atom stereocenters. The highest BCUT2D eigenvalue weighted by Crippen LogP contribution is 2.27. The highest BCUT2D eigenvalue weighted by molar-refractivity contribution is 7.15. The van der Waals surface area contributed by atoms with Gasteiger partial charge in [-0.25, -0.2) is 4.98 Å². The largest absolute Gasteiger partial charge is 0.466 e. The fourth-order valence-corrected chi connectivity index (χ4v) is 3.07. The van der Waals surface area contributed by atoms with Gasteiger partial charge in [-0.15, -0.1) is 10.2 Å². The van der Waals surface area contributed by atoms with Crippen LogP contribution in [0.4, 0.5) is 10.9 Å². The lowest BCUT2D eigenvalue weighted by Gasteiger charge is -2.20. The fraction of sp³-hybridized carbons (Fsp3) is 0.529. The second-order valence-corrected chi connectivity index (χ2v) is 6.57. The number of hydrogen-bond donors (Lipinski definition) is 0. The van der Waals surface area contributed by atoms with Crippen LogP contribution in [-0.2, 0) is 9.53 Å². The molecule has 130 valence electrons. The molecular formula is C17H24N4O2S. The molecule has 0 amide bonds. The monoisotopic (exact) mass is 348 g/mol. The van der Waals surface area contributed by atoms with Crippen LogP contribution in [0.15, 0.2) is 24.4 Å². The molecular weight excluding hydrogens is 324 g/mol. The number of hydrogen-bond acceptors (Lipinski definition) is 7. The van der Waals surface area contributed by atoms with E-state index in [1.165, 1.54) is 0 Å². The maximum Gasteiger partial charge on any atom is 0.305 e. The van der Waals surface area contributed by atoms with E-state index in [4.69, 9.17) is 4.74 Å². The zero-order chi connectivity index (χ0) is 17.2. The number of rotatable bonds is 10. The van der Waals surface area contributed by atoms with Crippen LogP contribution in [0.3, 0.4) is 0 Å². The average molecular weight is 348 g/mol. The minimum Gasteiger partial charge on any atom is -0.466 e. The molecule has 6 nitrogen and oxygen atoms in total. The quantitative estimate of drug-likeness (QED) is 0.479. The molecule has 7 heteroatoms. The second kappa shape index (κ2) is 9.97.